The number of carboxylic acids is 1. The summed E-state index contributed by atoms with van der Waals surface area (Å²) in [5.74, 6) is -0.869. The van der Waals surface area contributed by atoms with E-state index >= 15 is 0 Å². The van der Waals surface area contributed by atoms with Crippen LogP contribution in [0, 0.1) is 0 Å². The number of hydrogen-bond donors (Lipinski definition) is 2. The zero-order chi connectivity index (χ0) is 14.4. The fourth-order valence-corrected chi connectivity index (χ4v) is 1.07. The summed E-state index contributed by atoms with van der Waals surface area (Å²) in [6, 6.07) is -0.126. The van der Waals surface area contributed by atoms with Crippen LogP contribution in [0.5, 0.6) is 0 Å². The molecule has 0 saturated heterocycles. The van der Waals surface area contributed by atoms with Gasteiger partial charge in [-0.3, -0.25) is 9.59 Å². The molecule has 1 atom stereocenters. The summed E-state index contributed by atoms with van der Waals surface area (Å²) in [7, 11) is 0. The molecule has 17 heavy (non-hydrogen) atoms. The van der Waals surface area contributed by atoms with Crippen molar-refractivity contribution in [3.8, 4) is 0 Å². The van der Waals surface area contributed by atoms with Crippen LogP contribution in [0.15, 0.2) is 0 Å². The lowest BCUT2D eigenvalue weighted by atomic mass is 10.1. The first kappa shape index (κ1) is 21.4. The number of carboxylic acid groups (broad SMARTS) is 1. The van der Waals surface area contributed by atoms with E-state index in [1.54, 1.807) is 0 Å². The largest absolute Gasteiger partial charge is 0.481 e. The molecule has 0 aromatic carbocycles. The molecule has 4 heteroatoms. The van der Waals surface area contributed by atoms with Gasteiger partial charge in [-0.15, -0.1) is 0 Å². The summed E-state index contributed by atoms with van der Waals surface area (Å²) in [5.41, 5.74) is 0. The molecule has 0 rings (SSSR count). The van der Waals surface area contributed by atoms with Gasteiger partial charge in [0, 0.05) is 12.5 Å². The first-order valence-electron chi connectivity index (χ1n) is 6.41. The topological polar surface area (TPSA) is 66.4 Å². The highest BCUT2D eigenvalue weighted by molar-refractivity contribution is 5.82. The molecule has 0 aliphatic heterocycles. The van der Waals surface area contributed by atoms with Crippen molar-refractivity contribution in [1.82, 2.24) is 5.32 Å². The van der Waals surface area contributed by atoms with Crippen molar-refractivity contribution in [1.29, 1.82) is 0 Å². The van der Waals surface area contributed by atoms with Crippen LogP contribution < -0.4 is 5.32 Å². The molecule has 0 fully saturated rings. The fraction of sp³-hybridized carbons (Fsp3) is 0.846. The Balaban J connectivity index is -0.000000439. The van der Waals surface area contributed by atoms with Gasteiger partial charge in [0.1, 0.15) is 5.78 Å². The van der Waals surface area contributed by atoms with E-state index < -0.39 is 5.97 Å². The number of carbonyl (C=O) groups excluding carboxylic acids is 1. The van der Waals surface area contributed by atoms with Gasteiger partial charge in [0.05, 0.1) is 6.04 Å². The number of nitrogens with one attached hydrogen (secondary N) is 1. The number of Topliss-reactive ketones (excluding diaryl/α,β-unsaturated/α-hetero) is 1. The number of ketones is 1. The summed E-state index contributed by atoms with van der Waals surface area (Å²) in [5, 5.41) is 11.5. The number of carbonyl (C=O) groups is 2. The molecule has 0 bridgehead atoms. The maximum Gasteiger partial charge on any atom is 0.303 e. The number of rotatable bonds is 6. The predicted molar refractivity (Wildman–Crippen MR) is 72.3 cm³/mol. The molecule has 0 radical (unpaired) electrons. The molecule has 0 heterocycles. The van der Waals surface area contributed by atoms with E-state index in [0.717, 1.165) is 0 Å². The number of aliphatic carboxylic acids is 1. The van der Waals surface area contributed by atoms with E-state index in [1.165, 1.54) is 6.92 Å². The average molecular weight is 247 g/mol. The molecule has 4 nitrogen and oxygen atoms in total. The highest BCUT2D eigenvalue weighted by atomic mass is 16.4. The second-order valence-electron chi connectivity index (χ2n) is 3.42. The van der Waals surface area contributed by atoms with E-state index in [4.69, 9.17) is 5.11 Å². The van der Waals surface area contributed by atoms with Crippen molar-refractivity contribution < 1.29 is 14.7 Å². The van der Waals surface area contributed by atoms with Crippen molar-refractivity contribution in [2.75, 3.05) is 0 Å². The summed E-state index contributed by atoms with van der Waals surface area (Å²) < 4.78 is 0. The molecule has 104 valence electrons. The van der Waals surface area contributed by atoms with Crippen LogP contribution in [0.3, 0.4) is 0 Å². The molecular weight excluding hydrogens is 218 g/mol. The van der Waals surface area contributed by atoms with E-state index in [2.05, 4.69) is 5.32 Å². The van der Waals surface area contributed by atoms with E-state index in [9.17, 15) is 9.59 Å². The van der Waals surface area contributed by atoms with Gasteiger partial charge in [-0.05, 0) is 13.3 Å². The summed E-state index contributed by atoms with van der Waals surface area (Å²) in [4.78, 5) is 21.3. The van der Waals surface area contributed by atoms with Crippen LogP contribution in [-0.4, -0.2) is 28.9 Å². The Labute approximate surface area is 106 Å². The summed E-state index contributed by atoms with van der Waals surface area (Å²) in [6.45, 7) is 13.3. The minimum Gasteiger partial charge on any atom is -0.481 e. The van der Waals surface area contributed by atoms with Gasteiger partial charge in [-0.2, -0.15) is 0 Å². The predicted octanol–water partition coefficient (Wildman–Crippen LogP) is 2.86. The number of hydrogen-bond acceptors (Lipinski definition) is 3. The molecule has 0 aromatic heterocycles. The second-order valence-corrected chi connectivity index (χ2v) is 3.42. The molecule has 0 spiro atoms. The smallest absolute Gasteiger partial charge is 0.303 e. The highest BCUT2D eigenvalue weighted by Crippen LogP contribution is 2.00. The third-order valence-electron chi connectivity index (χ3n) is 1.67. The Hall–Kier alpha value is -0.900. The Morgan fingerprint density at radius 1 is 1.12 bits per heavy atom. The van der Waals surface area contributed by atoms with Gasteiger partial charge in [-0.25, -0.2) is 0 Å². The van der Waals surface area contributed by atoms with Crippen molar-refractivity contribution in [2.24, 2.45) is 0 Å². The molecule has 0 aliphatic carbocycles. The Morgan fingerprint density at radius 2 is 1.53 bits per heavy atom. The second kappa shape index (κ2) is 15.1. The average Bonchev–Trinajstić information content (AvgIpc) is 2.28. The zero-order valence-corrected chi connectivity index (χ0v) is 12.3. The lowest BCUT2D eigenvalue weighted by Gasteiger charge is -2.17. The normalized spacial score (nSPS) is 10.6. The minimum atomic E-state index is -0.864. The standard InChI is InChI=1S/C9H17NO3.2C2H6/c1-6(2)10-8(7(3)11)4-5-9(12)13;2*1-2/h6,8,10H,4-5H2,1-3H3,(H,12,13);2*1-2H3. The molecule has 0 aliphatic rings. The van der Waals surface area contributed by atoms with Gasteiger partial charge >= 0.3 is 5.97 Å². The summed E-state index contributed by atoms with van der Waals surface area (Å²) in [6.07, 6.45) is 0.396. The molecule has 0 saturated carbocycles. The van der Waals surface area contributed by atoms with Crippen molar-refractivity contribution in [2.45, 2.75) is 73.4 Å². The first-order chi connectivity index (χ1) is 7.93. The Kier molecular flexibility index (Phi) is 19.0. The first-order valence-corrected chi connectivity index (χ1v) is 6.41. The van der Waals surface area contributed by atoms with Crippen LogP contribution >= 0.6 is 0 Å². The van der Waals surface area contributed by atoms with Gasteiger partial charge in [-0.1, -0.05) is 41.5 Å². The molecule has 0 amide bonds. The van der Waals surface area contributed by atoms with E-state index in [-0.39, 0.29) is 24.3 Å². The van der Waals surface area contributed by atoms with Crippen LogP contribution in [0.4, 0.5) is 0 Å². The summed E-state index contributed by atoms with van der Waals surface area (Å²) >= 11 is 0. The van der Waals surface area contributed by atoms with E-state index in [0.29, 0.717) is 6.42 Å². The SMILES string of the molecule is CC.CC.CC(=O)C(CCC(=O)O)NC(C)C. The van der Waals surface area contributed by atoms with Gasteiger partial charge in [0.2, 0.25) is 0 Å². The maximum absolute atomic E-state index is 11.0. The quantitative estimate of drug-likeness (QED) is 0.757. The van der Waals surface area contributed by atoms with Crippen LogP contribution in [0.25, 0.3) is 0 Å². The third kappa shape index (κ3) is 17.7. The Morgan fingerprint density at radius 3 is 1.76 bits per heavy atom. The molecular formula is C13H29NO3. The van der Waals surface area contributed by atoms with Gasteiger partial charge in [0.15, 0.2) is 0 Å². The lowest BCUT2D eigenvalue weighted by molar-refractivity contribution is -0.137. The van der Waals surface area contributed by atoms with Crippen molar-refractivity contribution in [3.05, 3.63) is 0 Å². The monoisotopic (exact) mass is 247 g/mol. The highest BCUT2D eigenvalue weighted by Gasteiger charge is 2.15. The van der Waals surface area contributed by atoms with Gasteiger partial charge < -0.3 is 10.4 Å². The van der Waals surface area contributed by atoms with Crippen molar-refractivity contribution in [3.63, 3.8) is 0 Å². The molecule has 1 unspecified atom stereocenters. The lowest BCUT2D eigenvalue weighted by Crippen LogP contribution is -2.40. The van der Waals surface area contributed by atoms with Crippen molar-refractivity contribution >= 4 is 11.8 Å². The Bertz CT molecular complexity index is 191. The third-order valence-corrected chi connectivity index (χ3v) is 1.67. The molecule has 0 aromatic rings. The minimum absolute atomic E-state index is 0.00468. The fourth-order valence-electron chi connectivity index (χ4n) is 1.07. The van der Waals surface area contributed by atoms with E-state index in [1.807, 2.05) is 41.5 Å². The van der Waals surface area contributed by atoms with Gasteiger partial charge in [0.25, 0.3) is 0 Å². The zero-order valence-electron chi connectivity index (χ0n) is 12.3. The van der Waals surface area contributed by atoms with Crippen LogP contribution in [0.1, 0.15) is 61.3 Å². The van der Waals surface area contributed by atoms with Crippen LogP contribution in [0.2, 0.25) is 0 Å². The maximum atomic E-state index is 11.0. The van der Waals surface area contributed by atoms with Crippen LogP contribution in [-0.2, 0) is 9.59 Å². The molecule has 2 N–H and O–H groups in total.